The van der Waals surface area contributed by atoms with E-state index >= 15 is 0 Å². The van der Waals surface area contributed by atoms with E-state index in [1.54, 1.807) is 18.7 Å². The van der Waals surface area contributed by atoms with Crippen LogP contribution in [0.2, 0.25) is 5.02 Å². The number of benzene rings is 1. The topological polar surface area (TPSA) is 76.2 Å². The number of nitrogens with zero attached hydrogens (tertiary/aromatic N) is 2. The largest absolute Gasteiger partial charge is 0.453 e. The molecule has 7 nitrogen and oxygen atoms in total. The van der Waals surface area contributed by atoms with Crippen LogP contribution in [0, 0.1) is 0 Å². The number of carbonyl (C=O) groups is 3. The van der Waals surface area contributed by atoms with Crippen molar-refractivity contribution in [2.45, 2.75) is 83.4 Å². The number of alkyl halides is 3. The van der Waals surface area contributed by atoms with Crippen molar-refractivity contribution >= 4 is 30.1 Å². The normalized spacial score (nSPS) is 20.7. The lowest BCUT2D eigenvalue weighted by molar-refractivity contribution is -0.137. The van der Waals surface area contributed by atoms with Crippen LogP contribution in [0.3, 0.4) is 0 Å². The minimum absolute atomic E-state index is 0.0323. The van der Waals surface area contributed by atoms with E-state index in [1.165, 1.54) is 18.1 Å². The van der Waals surface area contributed by atoms with Gasteiger partial charge in [-0.3, -0.25) is 0 Å². The highest BCUT2D eigenvalue weighted by molar-refractivity contribution is 6.30. The summed E-state index contributed by atoms with van der Waals surface area (Å²) < 4.78 is 50.1. The molecule has 1 aliphatic heterocycles. The second kappa shape index (κ2) is 11.8. The van der Waals surface area contributed by atoms with Crippen molar-refractivity contribution in [2.75, 3.05) is 7.11 Å². The zero-order chi connectivity index (χ0) is 25.6. The van der Waals surface area contributed by atoms with Crippen molar-refractivity contribution in [3.8, 4) is 0 Å². The molecule has 2 amide bonds. The number of aldehydes is 1. The van der Waals surface area contributed by atoms with Crippen LogP contribution in [0.5, 0.6) is 0 Å². The minimum Gasteiger partial charge on any atom is -0.453 e. The molecule has 3 atom stereocenters. The number of halogens is 4. The lowest BCUT2D eigenvalue weighted by Gasteiger charge is -2.46. The van der Waals surface area contributed by atoms with Crippen molar-refractivity contribution in [3.63, 3.8) is 0 Å². The fourth-order valence-electron chi connectivity index (χ4n) is 4.31. The number of hydrogen-bond donors (Lipinski definition) is 0. The van der Waals surface area contributed by atoms with Gasteiger partial charge in [0.15, 0.2) is 0 Å². The molecule has 0 aromatic heterocycles. The highest BCUT2D eigenvalue weighted by atomic mass is 35.5. The summed E-state index contributed by atoms with van der Waals surface area (Å²) >= 11 is 5.91. The third kappa shape index (κ3) is 7.01. The van der Waals surface area contributed by atoms with Crippen LogP contribution in [0.25, 0.3) is 0 Å². The van der Waals surface area contributed by atoms with Gasteiger partial charge in [-0.15, -0.1) is 0 Å². The highest BCUT2D eigenvalue weighted by Crippen LogP contribution is 2.34. The van der Waals surface area contributed by atoms with Gasteiger partial charge in [0.25, 0.3) is 0 Å². The summed E-state index contributed by atoms with van der Waals surface area (Å²) in [6.07, 6.45) is -4.36. The molecule has 0 bridgehead atoms. The van der Waals surface area contributed by atoms with Gasteiger partial charge in [-0.1, -0.05) is 18.5 Å². The number of amides is 2. The molecule has 34 heavy (non-hydrogen) atoms. The maximum absolute atomic E-state index is 13.3. The molecule has 0 saturated carbocycles. The number of methoxy groups -OCH3 is 1. The van der Waals surface area contributed by atoms with E-state index < -0.39 is 36.0 Å². The van der Waals surface area contributed by atoms with E-state index in [-0.39, 0.29) is 42.1 Å². The Balaban J connectivity index is 2.38. The molecule has 2 rings (SSSR count). The molecule has 1 fully saturated rings. The average molecular weight is 507 g/mol. The van der Waals surface area contributed by atoms with Crippen LogP contribution in [-0.4, -0.2) is 59.6 Å². The third-order valence-electron chi connectivity index (χ3n) is 5.75. The van der Waals surface area contributed by atoms with Crippen LogP contribution >= 0.6 is 11.6 Å². The Labute approximate surface area is 202 Å². The van der Waals surface area contributed by atoms with Gasteiger partial charge in [0.1, 0.15) is 6.29 Å². The van der Waals surface area contributed by atoms with Gasteiger partial charge in [0.05, 0.1) is 18.8 Å². The van der Waals surface area contributed by atoms with E-state index in [2.05, 4.69) is 0 Å². The Morgan fingerprint density at radius 3 is 2.41 bits per heavy atom. The molecular weight excluding hydrogens is 477 g/mol. The zero-order valence-electron chi connectivity index (χ0n) is 19.6. The standard InChI is InChI=1S/C23H30ClF3N2O5/c1-5-18-11-20(12-19(6-7-30)29(18)22(32)34-14(2)3)28(21(31)33-4)13-15-8-16(23(25,26)27)10-17(24)9-15/h7-10,14,18-20H,5-6,11-13H2,1-4H3. The summed E-state index contributed by atoms with van der Waals surface area (Å²) in [4.78, 5) is 39.7. The summed E-state index contributed by atoms with van der Waals surface area (Å²) in [5.41, 5.74) is -0.733. The van der Waals surface area contributed by atoms with E-state index in [0.29, 0.717) is 19.1 Å². The number of likely N-dealkylation sites (tertiary alicyclic amines) is 1. The molecule has 1 aliphatic rings. The van der Waals surface area contributed by atoms with Crippen LogP contribution in [-0.2, 0) is 27.0 Å². The number of carbonyl (C=O) groups excluding carboxylic acids is 3. The molecule has 0 radical (unpaired) electrons. The number of hydrogen-bond acceptors (Lipinski definition) is 5. The van der Waals surface area contributed by atoms with Crippen LogP contribution in [0.4, 0.5) is 22.8 Å². The maximum Gasteiger partial charge on any atom is 0.416 e. The molecule has 1 saturated heterocycles. The summed E-state index contributed by atoms with van der Waals surface area (Å²) in [5, 5.41) is -0.105. The average Bonchev–Trinajstić information content (AvgIpc) is 2.75. The molecule has 11 heteroatoms. The summed E-state index contributed by atoms with van der Waals surface area (Å²) in [6, 6.07) is 1.76. The fraction of sp³-hybridized carbons (Fsp3) is 0.609. The zero-order valence-corrected chi connectivity index (χ0v) is 20.4. The monoisotopic (exact) mass is 506 g/mol. The Kier molecular flexibility index (Phi) is 9.61. The Morgan fingerprint density at radius 2 is 1.88 bits per heavy atom. The van der Waals surface area contributed by atoms with Gasteiger partial charge >= 0.3 is 18.4 Å². The molecule has 0 spiro atoms. The Bertz CT molecular complexity index is 881. The first kappa shape index (κ1) is 27.8. The fourth-order valence-corrected chi connectivity index (χ4v) is 4.57. The van der Waals surface area contributed by atoms with Crippen LogP contribution in [0.1, 0.15) is 57.6 Å². The van der Waals surface area contributed by atoms with Crippen molar-refractivity contribution in [2.24, 2.45) is 0 Å². The molecule has 1 heterocycles. The first-order valence-corrected chi connectivity index (χ1v) is 11.4. The second-order valence-electron chi connectivity index (χ2n) is 8.53. The second-order valence-corrected chi connectivity index (χ2v) is 8.96. The van der Waals surface area contributed by atoms with E-state index in [1.807, 2.05) is 6.92 Å². The number of piperidine rings is 1. The molecular formula is C23H30ClF3N2O5. The smallest absolute Gasteiger partial charge is 0.416 e. The predicted molar refractivity (Wildman–Crippen MR) is 119 cm³/mol. The SMILES string of the molecule is CCC1CC(N(Cc2cc(Cl)cc(C(F)(F)F)c2)C(=O)OC)CC(CC=O)N1C(=O)OC(C)C. The van der Waals surface area contributed by atoms with Gasteiger partial charge in [-0.05, 0) is 56.9 Å². The Morgan fingerprint density at radius 1 is 1.24 bits per heavy atom. The number of rotatable bonds is 7. The molecule has 1 aromatic rings. The highest BCUT2D eigenvalue weighted by Gasteiger charge is 2.42. The first-order chi connectivity index (χ1) is 15.9. The van der Waals surface area contributed by atoms with E-state index in [0.717, 1.165) is 12.1 Å². The van der Waals surface area contributed by atoms with Gasteiger partial charge in [0, 0.05) is 36.1 Å². The molecule has 190 valence electrons. The summed E-state index contributed by atoms with van der Waals surface area (Å²) in [6.45, 7) is 5.14. The molecule has 3 unspecified atom stereocenters. The van der Waals surface area contributed by atoms with Crippen LogP contribution in [0.15, 0.2) is 18.2 Å². The van der Waals surface area contributed by atoms with Gasteiger partial charge in [0.2, 0.25) is 0 Å². The van der Waals surface area contributed by atoms with Crippen molar-refractivity contribution in [3.05, 3.63) is 34.3 Å². The lowest BCUT2D eigenvalue weighted by atomic mass is 9.87. The first-order valence-electron chi connectivity index (χ1n) is 11.0. The molecule has 0 N–H and O–H groups in total. The van der Waals surface area contributed by atoms with Gasteiger partial charge in [-0.2, -0.15) is 13.2 Å². The van der Waals surface area contributed by atoms with E-state index in [4.69, 9.17) is 21.1 Å². The minimum atomic E-state index is -4.60. The van der Waals surface area contributed by atoms with Crippen molar-refractivity contribution in [1.29, 1.82) is 0 Å². The van der Waals surface area contributed by atoms with Gasteiger partial charge < -0.3 is 24.1 Å². The van der Waals surface area contributed by atoms with E-state index in [9.17, 15) is 27.6 Å². The Hall–Kier alpha value is -2.49. The van der Waals surface area contributed by atoms with Gasteiger partial charge in [-0.25, -0.2) is 9.59 Å². The third-order valence-corrected chi connectivity index (χ3v) is 5.97. The maximum atomic E-state index is 13.3. The summed E-state index contributed by atoms with van der Waals surface area (Å²) in [5.74, 6) is 0. The van der Waals surface area contributed by atoms with Crippen molar-refractivity contribution < 1.29 is 37.0 Å². The number of ether oxygens (including phenoxy) is 2. The lowest BCUT2D eigenvalue weighted by Crippen LogP contribution is -2.58. The van der Waals surface area contributed by atoms with Crippen molar-refractivity contribution in [1.82, 2.24) is 9.80 Å². The molecule has 0 aliphatic carbocycles. The van der Waals surface area contributed by atoms with Crippen LogP contribution < -0.4 is 0 Å². The quantitative estimate of drug-likeness (QED) is 0.445. The molecule has 1 aromatic carbocycles. The predicted octanol–water partition coefficient (Wildman–Crippen LogP) is 5.67. The summed E-state index contributed by atoms with van der Waals surface area (Å²) in [7, 11) is 1.18.